The van der Waals surface area contributed by atoms with E-state index in [0.717, 1.165) is 6.42 Å². The molecule has 1 amide bonds. The van der Waals surface area contributed by atoms with Crippen LogP contribution in [0.3, 0.4) is 0 Å². The van der Waals surface area contributed by atoms with Crippen LogP contribution in [0, 0.1) is 5.92 Å². The maximum atomic E-state index is 12.1. The lowest BCUT2D eigenvalue weighted by molar-refractivity contribution is 0.0375. The summed E-state index contributed by atoms with van der Waals surface area (Å²) in [4.78, 5) is 12.1. The smallest absolute Gasteiger partial charge is 0.251 e. The second kappa shape index (κ2) is 5.27. The number of nitrogens with one attached hydrogen (secondary N) is 1. The van der Waals surface area contributed by atoms with Gasteiger partial charge in [-0.15, -0.1) is 0 Å². The molecule has 98 valence electrons. The summed E-state index contributed by atoms with van der Waals surface area (Å²) in [6, 6.07) is 5.05. The van der Waals surface area contributed by atoms with E-state index in [1.807, 2.05) is 0 Å². The van der Waals surface area contributed by atoms with Gasteiger partial charge in [0.15, 0.2) is 0 Å². The van der Waals surface area contributed by atoms with Crippen molar-refractivity contribution in [2.75, 3.05) is 24.7 Å². The van der Waals surface area contributed by atoms with Crippen molar-refractivity contribution in [1.82, 2.24) is 5.32 Å². The van der Waals surface area contributed by atoms with Gasteiger partial charge in [0.25, 0.3) is 5.91 Å². The van der Waals surface area contributed by atoms with Gasteiger partial charge in [-0.25, -0.2) is 0 Å². The fraction of sp³-hybridized carbons (Fsp3) is 0.462. The minimum atomic E-state index is -0.132. The van der Waals surface area contributed by atoms with E-state index in [1.165, 1.54) is 0 Å². The number of rotatable bonds is 2. The Morgan fingerprint density at radius 3 is 2.61 bits per heavy atom. The van der Waals surface area contributed by atoms with Gasteiger partial charge >= 0.3 is 0 Å². The minimum Gasteiger partial charge on any atom is -0.399 e. The van der Waals surface area contributed by atoms with E-state index in [2.05, 4.69) is 12.2 Å². The van der Waals surface area contributed by atoms with Crippen molar-refractivity contribution in [3.05, 3.63) is 23.8 Å². The van der Waals surface area contributed by atoms with Gasteiger partial charge in [0.1, 0.15) is 0 Å². The van der Waals surface area contributed by atoms with Crippen LogP contribution in [0.15, 0.2) is 18.2 Å². The fourth-order valence-corrected chi connectivity index (χ4v) is 2.15. The second-order valence-electron chi connectivity index (χ2n) is 4.81. The third kappa shape index (κ3) is 2.92. The molecule has 1 aromatic rings. The number of nitrogen functional groups attached to an aromatic ring is 2. The molecule has 0 radical (unpaired) electrons. The standard InChI is InChI=1S/C13H19N3O2/c1-8-7-18-3-2-12(8)16-13(17)9-4-10(14)6-11(15)5-9/h4-6,8,12H,2-3,7,14-15H2,1H3,(H,16,17). The van der Waals surface area contributed by atoms with Crippen molar-refractivity contribution in [2.45, 2.75) is 19.4 Å². The van der Waals surface area contributed by atoms with Crippen molar-refractivity contribution in [3.8, 4) is 0 Å². The molecule has 2 unspecified atom stereocenters. The quantitative estimate of drug-likeness (QED) is 0.682. The zero-order valence-corrected chi connectivity index (χ0v) is 10.5. The summed E-state index contributed by atoms with van der Waals surface area (Å²) >= 11 is 0. The average molecular weight is 249 g/mol. The van der Waals surface area contributed by atoms with Crippen LogP contribution in [0.2, 0.25) is 0 Å². The highest BCUT2D eigenvalue weighted by molar-refractivity contribution is 5.96. The van der Waals surface area contributed by atoms with E-state index in [0.29, 0.717) is 36.1 Å². The lowest BCUT2D eigenvalue weighted by Crippen LogP contribution is -2.44. The average Bonchev–Trinajstić information content (AvgIpc) is 2.31. The first-order chi connectivity index (χ1) is 8.56. The van der Waals surface area contributed by atoms with Crippen molar-refractivity contribution < 1.29 is 9.53 Å². The summed E-state index contributed by atoms with van der Waals surface area (Å²) < 4.78 is 5.35. The summed E-state index contributed by atoms with van der Waals surface area (Å²) in [7, 11) is 0. The Morgan fingerprint density at radius 1 is 1.33 bits per heavy atom. The number of carbonyl (C=O) groups is 1. The van der Waals surface area contributed by atoms with Crippen LogP contribution in [0.4, 0.5) is 11.4 Å². The van der Waals surface area contributed by atoms with Gasteiger partial charge in [-0.1, -0.05) is 6.92 Å². The SMILES string of the molecule is CC1COCCC1NC(=O)c1cc(N)cc(N)c1. The van der Waals surface area contributed by atoms with Gasteiger partial charge in [0, 0.05) is 29.6 Å². The Morgan fingerprint density at radius 2 is 2.00 bits per heavy atom. The van der Waals surface area contributed by atoms with E-state index in [9.17, 15) is 4.79 Å². The molecule has 0 aromatic heterocycles. The Balaban J connectivity index is 2.06. The predicted molar refractivity (Wildman–Crippen MR) is 71.1 cm³/mol. The molecule has 1 aliphatic rings. The number of hydrogen-bond donors (Lipinski definition) is 3. The van der Waals surface area contributed by atoms with E-state index >= 15 is 0 Å². The largest absolute Gasteiger partial charge is 0.399 e. The number of carbonyl (C=O) groups excluding carboxylic acids is 1. The van der Waals surface area contributed by atoms with Gasteiger partial charge in [0.05, 0.1) is 6.61 Å². The van der Waals surface area contributed by atoms with Crippen LogP contribution in [0.25, 0.3) is 0 Å². The molecule has 0 bridgehead atoms. The number of ether oxygens (including phenoxy) is 1. The molecule has 1 heterocycles. The molecule has 1 aromatic carbocycles. The van der Waals surface area contributed by atoms with E-state index in [-0.39, 0.29) is 11.9 Å². The predicted octanol–water partition coefficient (Wildman–Crippen LogP) is 1.01. The van der Waals surface area contributed by atoms with E-state index in [4.69, 9.17) is 16.2 Å². The van der Waals surface area contributed by atoms with Gasteiger partial charge in [-0.3, -0.25) is 4.79 Å². The van der Waals surface area contributed by atoms with Crippen LogP contribution < -0.4 is 16.8 Å². The lowest BCUT2D eigenvalue weighted by Gasteiger charge is -2.29. The summed E-state index contributed by atoms with van der Waals surface area (Å²) in [5.74, 6) is 0.189. The van der Waals surface area contributed by atoms with Crippen molar-refractivity contribution in [2.24, 2.45) is 5.92 Å². The van der Waals surface area contributed by atoms with Crippen molar-refractivity contribution in [3.63, 3.8) is 0 Å². The Bertz CT molecular complexity index is 428. The summed E-state index contributed by atoms with van der Waals surface area (Å²) in [6.45, 7) is 3.44. The van der Waals surface area contributed by atoms with Crippen LogP contribution in [0.1, 0.15) is 23.7 Å². The van der Waals surface area contributed by atoms with Crippen LogP contribution in [-0.4, -0.2) is 25.2 Å². The zero-order valence-electron chi connectivity index (χ0n) is 10.5. The topological polar surface area (TPSA) is 90.4 Å². The molecule has 0 spiro atoms. The Kier molecular flexibility index (Phi) is 3.72. The van der Waals surface area contributed by atoms with E-state index in [1.54, 1.807) is 18.2 Å². The molecule has 1 saturated heterocycles. The molecule has 5 nitrogen and oxygen atoms in total. The molecular formula is C13H19N3O2. The number of amides is 1. The molecule has 0 aliphatic carbocycles. The normalized spacial score (nSPS) is 23.6. The first-order valence-electron chi connectivity index (χ1n) is 6.11. The molecule has 1 aliphatic heterocycles. The molecule has 0 saturated carbocycles. The van der Waals surface area contributed by atoms with Gasteiger partial charge in [-0.05, 0) is 30.5 Å². The highest BCUT2D eigenvalue weighted by atomic mass is 16.5. The molecule has 18 heavy (non-hydrogen) atoms. The zero-order chi connectivity index (χ0) is 13.1. The third-order valence-electron chi connectivity index (χ3n) is 3.20. The fourth-order valence-electron chi connectivity index (χ4n) is 2.15. The molecule has 1 fully saturated rings. The maximum Gasteiger partial charge on any atom is 0.251 e. The summed E-state index contributed by atoms with van der Waals surface area (Å²) in [6.07, 6.45) is 0.838. The molecule has 2 rings (SSSR count). The van der Waals surface area contributed by atoms with Crippen LogP contribution >= 0.6 is 0 Å². The first kappa shape index (κ1) is 12.7. The minimum absolute atomic E-state index is 0.132. The van der Waals surface area contributed by atoms with E-state index < -0.39 is 0 Å². The monoisotopic (exact) mass is 249 g/mol. The van der Waals surface area contributed by atoms with Gasteiger partial charge in [-0.2, -0.15) is 0 Å². The molecule has 5 N–H and O–H groups in total. The summed E-state index contributed by atoms with van der Waals surface area (Å²) in [5, 5.41) is 3.01. The number of hydrogen-bond acceptors (Lipinski definition) is 4. The first-order valence-corrected chi connectivity index (χ1v) is 6.11. The number of benzene rings is 1. The van der Waals surface area contributed by atoms with Crippen molar-refractivity contribution >= 4 is 17.3 Å². The molecule has 5 heteroatoms. The highest BCUT2D eigenvalue weighted by Gasteiger charge is 2.23. The second-order valence-corrected chi connectivity index (χ2v) is 4.81. The molecule has 2 atom stereocenters. The Labute approximate surface area is 106 Å². The maximum absolute atomic E-state index is 12.1. The number of anilines is 2. The third-order valence-corrected chi connectivity index (χ3v) is 3.20. The molecular weight excluding hydrogens is 230 g/mol. The van der Waals surface area contributed by atoms with Crippen LogP contribution in [-0.2, 0) is 4.74 Å². The van der Waals surface area contributed by atoms with Gasteiger partial charge in [0.2, 0.25) is 0 Å². The van der Waals surface area contributed by atoms with Crippen LogP contribution in [0.5, 0.6) is 0 Å². The lowest BCUT2D eigenvalue weighted by atomic mass is 9.97. The Hall–Kier alpha value is -1.75. The van der Waals surface area contributed by atoms with Crippen molar-refractivity contribution in [1.29, 1.82) is 0 Å². The summed E-state index contributed by atoms with van der Waals surface area (Å²) in [5.41, 5.74) is 12.9. The van der Waals surface area contributed by atoms with Gasteiger partial charge < -0.3 is 21.5 Å². The number of nitrogens with two attached hydrogens (primary N) is 2. The highest BCUT2D eigenvalue weighted by Crippen LogP contribution is 2.17.